The standard InChI is InChI=1S/C21H32O4Si/c1-7-16-15(3)18-13-25-21(23)19(18)20(24-10-11-26(4,5)6)17(16)9-8-14(2)12-22/h8,12,21,23H,7,9-11,13H2,1-6H3/b14-8+. The monoisotopic (exact) mass is 376 g/mol. The van der Waals surface area contributed by atoms with Gasteiger partial charge in [0.25, 0.3) is 0 Å². The third-order valence-corrected chi connectivity index (χ3v) is 6.72. The molecule has 2 rings (SSSR count). The lowest BCUT2D eigenvalue weighted by Gasteiger charge is -2.23. The van der Waals surface area contributed by atoms with E-state index in [9.17, 15) is 9.90 Å². The second-order valence-corrected chi connectivity index (χ2v) is 13.9. The van der Waals surface area contributed by atoms with Crippen LogP contribution >= 0.6 is 0 Å². The van der Waals surface area contributed by atoms with Crippen molar-refractivity contribution < 1.29 is 19.4 Å². The highest BCUT2D eigenvalue weighted by molar-refractivity contribution is 6.76. The van der Waals surface area contributed by atoms with E-state index in [1.165, 1.54) is 11.1 Å². The minimum absolute atomic E-state index is 0.420. The molecule has 1 N–H and O–H groups in total. The normalized spacial score (nSPS) is 17.3. The molecular weight excluding hydrogens is 344 g/mol. The SMILES string of the molecule is CCc1c(C)c2c(c(OCC[Si](C)(C)C)c1C/C=C(\C)C=O)C(O)OC2. The van der Waals surface area contributed by atoms with Crippen molar-refractivity contribution in [3.05, 3.63) is 39.5 Å². The molecule has 1 aliphatic rings. The number of rotatable bonds is 8. The molecule has 1 unspecified atom stereocenters. The van der Waals surface area contributed by atoms with Crippen LogP contribution in [0, 0.1) is 6.92 Å². The first-order valence-electron chi connectivity index (χ1n) is 9.41. The Labute approximate surface area is 158 Å². The van der Waals surface area contributed by atoms with Crippen molar-refractivity contribution >= 4 is 14.4 Å². The molecule has 0 bridgehead atoms. The van der Waals surface area contributed by atoms with E-state index in [1.54, 1.807) is 0 Å². The lowest BCUT2D eigenvalue weighted by Crippen LogP contribution is -2.23. The van der Waals surface area contributed by atoms with Gasteiger partial charge in [-0.3, -0.25) is 4.79 Å². The highest BCUT2D eigenvalue weighted by Crippen LogP contribution is 2.43. The zero-order chi connectivity index (χ0) is 19.5. The number of aliphatic hydroxyl groups excluding tert-OH is 1. The number of benzene rings is 1. The summed E-state index contributed by atoms with van der Waals surface area (Å²) in [5, 5.41) is 10.4. The Bertz CT molecular complexity index is 701. The number of aliphatic hydroxyl groups is 1. The van der Waals surface area contributed by atoms with E-state index < -0.39 is 14.4 Å². The van der Waals surface area contributed by atoms with Crippen molar-refractivity contribution in [3.63, 3.8) is 0 Å². The summed E-state index contributed by atoms with van der Waals surface area (Å²) in [5.41, 5.74) is 6.02. The molecule has 0 aromatic heterocycles. The van der Waals surface area contributed by atoms with E-state index in [-0.39, 0.29) is 0 Å². The van der Waals surface area contributed by atoms with E-state index in [2.05, 4.69) is 33.5 Å². The average molecular weight is 377 g/mol. The summed E-state index contributed by atoms with van der Waals surface area (Å²) >= 11 is 0. The Morgan fingerprint density at radius 3 is 2.62 bits per heavy atom. The molecule has 26 heavy (non-hydrogen) atoms. The van der Waals surface area contributed by atoms with Crippen molar-refractivity contribution in [1.29, 1.82) is 0 Å². The van der Waals surface area contributed by atoms with Crippen molar-refractivity contribution in [3.8, 4) is 5.75 Å². The number of hydrogen-bond acceptors (Lipinski definition) is 4. The van der Waals surface area contributed by atoms with Gasteiger partial charge in [-0.05, 0) is 55.0 Å². The number of ether oxygens (including phenoxy) is 2. The molecular formula is C21H32O4Si. The van der Waals surface area contributed by atoms with Crippen molar-refractivity contribution in [2.24, 2.45) is 0 Å². The molecule has 0 aliphatic carbocycles. The molecule has 144 valence electrons. The van der Waals surface area contributed by atoms with Gasteiger partial charge in [-0.25, -0.2) is 0 Å². The average Bonchev–Trinajstić information content (AvgIpc) is 2.96. The van der Waals surface area contributed by atoms with Crippen LogP contribution in [-0.2, 0) is 29.0 Å². The molecule has 1 heterocycles. The number of carbonyl (C=O) groups is 1. The van der Waals surface area contributed by atoms with Gasteiger partial charge in [-0.15, -0.1) is 0 Å². The third-order valence-electron chi connectivity index (χ3n) is 5.01. The zero-order valence-electron chi connectivity index (χ0n) is 16.9. The Hall–Kier alpha value is -1.43. The first kappa shape index (κ1) is 20.9. The topological polar surface area (TPSA) is 55.8 Å². The number of carbonyl (C=O) groups excluding carboxylic acids is 1. The van der Waals surface area contributed by atoms with E-state index in [0.29, 0.717) is 25.2 Å². The van der Waals surface area contributed by atoms with Gasteiger partial charge < -0.3 is 14.6 Å². The summed E-state index contributed by atoms with van der Waals surface area (Å²) in [4.78, 5) is 11.0. The van der Waals surface area contributed by atoms with Crippen LogP contribution < -0.4 is 4.74 Å². The summed E-state index contributed by atoms with van der Waals surface area (Å²) in [5.74, 6) is 0.764. The maximum Gasteiger partial charge on any atom is 0.185 e. The van der Waals surface area contributed by atoms with Crippen LogP contribution in [0.1, 0.15) is 48.0 Å². The van der Waals surface area contributed by atoms with Crippen molar-refractivity contribution in [2.75, 3.05) is 6.61 Å². The van der Waals surface area contributed by atoms with Gasteiger partial charge in [-0.1, -0.05) is 32.6 Å². The lowest BCUT2D eigenvalue weighted by molar-refractivity contribution is -0.104. The fourth-order valence-corrected chi connectivity index (χ4v) is 4.08. The van der Waals surface area contributed by atoms with Gasteiger partial charge in [0, 0.05) is 13.6 Å². The van der Waals surface area contributed by atoms with Gasteiger partial charge >= 0.3 is 0 Å². The maximum absolute atomic E-state index is 11.0. The van der Waals surface area contributed by atoms with Crippen LogP contribution in [0.3, 0.4) is 0 Å². The van der Waals surface area contributed by atoms with Crippen LogP contribution in [0.4, 0.5) is 0 Å². The predicted molar refractivity (Wildman–Crippen MR) is 107 cm³/mol. The highest BCUT2D eigenvalue weighted by atomic mass is 28.3. The van der Waals surface area contributed by atoms with Crippen LogP contribution in [-0.4, -0.2) is 26.1 Å². The van der Waals surface area contributed by atoms with E-state index >= 15 is 0 Å². The van der Waals surface area contributed by atoms with Gasteiger partial charge in [0.2, 0.25) is 0 Å². The minimum atomic E-state index is -1.22. The summed E-state index contributed by atoms with van der Waals surface area (Å²) in [6.45, 7) is 14.1. The molecule has 0 amide bonds. The molecule has 0 spiro atoms. The third kappa shape index (κ3) is 4.64. The second-order valence-electron chi connectivity index (χ2n) is 8.25. The highest BCUT2D eigenvalue weighted by Gasteiger charge is 2.31. The first-order valence-corrected chi connectivity index (χ1v) is 13.1. The number of fused-ring (bicyclic) bond motifs is 1. The fraction of sp³-hybridized carbons (Fsp3) is 0.571. The smallest absolute Gasteiger partial charge is 0.185 e. The van der Waals surface area contributed by atoms with Gasteiger partial charge in [-0.2, -0.15) is 0 Å². The molecule has 1 aromatic rings. The first-order chi connectivity index (χ1) is 12.2. The quantitative estimate of drug-likeness (QED) is 0.413. The summed E-state index contributed by atoms with van der Waals surface area (Å²) in [6, 6.07) is 1.05. The van der Waals surface area contributed by atoms with Crippen molar-refractivity contribution in [1.82, 2.24) is 0 Å². The Kier molecular flexibility index (Phi) is 6.83. The molecule has 0 saturated carbocycles. The van der Waals surface area contributed by atoms with Gasteiger partial charge in [0.1, 0.15) is 12.0 Å². The van der Waals surface area contributed by atoms with Crippen LogP contribution in [0.15, 0.2) is 11.6 Å². The number of hydrogen-bond donors (Lipinski definition) is 1. The number of aldehydes is 1. The van der Waals surface area contributed by atoms with Crippen LogP contribution in [0.5, 0.6) is 5.75 Å². The van der Waals surface area contributed by atoms with E-state index in [4.69, 9.17) is 9.47 Å². The maximum atomic E-state index is 11.0. The molecule has 0 radical (unpaired) electrons. The largest absolute Gasteiger partial charge is 0.493 e. The molecule has 4 nitrogen and oxygen atoms in total. The zero-order valence-corrected chi connectivity index (χ0v) is 17.9. The molecule has 1 aromatic carbocycles. The Morgan fingerprint density at radius 2 is 2.04 bits per heavy atom. The summed E-state index contributed by atoms with van der Waals surface area (Å²) in [6.07, 6.45) is 3.36. The Morgan fingerprint density at radius 1 is 1.35 bits per heavy atom. The summed E-state index contributed by atoms with van der Waals surface area (Å²) in [7, 11) is -1.22. The predicted octanol–water partition coefficient (Wildman–Crippen LogP) is 4.48. The molecule has 0 fully saturated rings. The van der Waals surface area contributed by atoms with E-state index in [0.717, 1.165) is 41.2 Å². The minimum Gasteiger partial charge on any atom is -0.493 e. The second kappa shape index (κ2) is 8.50. The number of allylic oxidation sites excluding steroid dienone is 2. The fourth-order valence-electron chi connectivity index (χ4n) is 3.37. The Balaban J connectivity index is 2.52. The molecule has 5 heteroatoms. The van der Waals surface area contributed by atoms with Crippen LogP contribution in [0.25, 0.3) is 0 Å². The van der Waals surface area contributed by atoms with E-state index in [1.807, 2.05) is 13.0 Å². The molecule has 1 atom stereocenters. The van der Waals surface area contributed by atoms with Crippen LogP contribution in [0.2, 0.25) is 25.7 Å². The van der Waals surface area contributed by atoms with Crippen molar-refractivity contribution in [2.45, 2.75) is 72.2 Å². The van der Waals surface area contributed by atoms with Gasteiger partial charge in [0.05, 0.1) is 18.8 Å². The summed E-state index contributed by atoms with van der Waals surface area (Å²) < 4.78 is 11.8. The lowest BCUT2D eigenvalue weighted by atomic mass is 9.89. The molecule has 0 saturated heterocycles. The molecule has 1 aliphatic heterocycles. The van der Waals surface area contributed by atoms with Gasteiger partial charge in [0.15, 0.2) is 6.29 Å².